The molecule has 3 N–H and O–H groups in total. The van der Waals surface area contributed by atoms with E-state index in [2.05, 4.69) is 15.3 Å². The summed E-state index contributed by atoms with van der Waals surface area (Å²) in [7, 11) is 0. The van der Waals surface area contributed by atoms with Crippen LogP contribution in [0.2, 0.25) is 10.2 Å². The van der Waals surface area contributed by atoms with Crippen molar-refractivity contribution >= 4 is 68.5 Å². The number of benzene rings is 3. The van der Waals surface area contributed by atoms with E-state index >= 15 is 0 Å². The Labute approximate surface area is 222 Å². The number of hydrogen-bond donors (Lipinski definition) is 3. The normalized spacial score (nSPS) is 10.6. The van der Waals surface area contributed by atoms with Crippen molar-refractivity contribution < 1.29 is 19.8 Å². The number of hydrogen-bond acceptors (Lipinski definition) is 5. The minimum absolute atomic E-state index is 0.0283. The molecule has 0 radical (unpaired) electrons. The topological polar surface area (TPSA) is 112 Å². The van der Waals surface area contributed by atoms with Gasteiger partial charge in [-0.3, -0.25) is 0 Å². The van der Waals surface area contributed by atoms with Gasteiger partial charge in [-0.2, -0.15) is 0 Å². The Morgan fingerprint density at radius 2 is 1.30 bits per heavy atom. The Morgan fingerprint density at radius 3 is 1.86 bits per heavy atom. The number of nitrogens with one attached hydrogen (secondary N) is 1. The molecule has 5 aromatic rings. The van der Waals surface area contributed by atoms with Crippen LogP contribution in [0.3, 0.4) is 0 Å². The Bertz CT molecular complexity index is 1670. The highest BCUT2D eigenvalue weighted by atomic mass is 35.5. The first kappa shape index (κ1) is 25.9. The van der Waals surface area contributed by atoms with E-state index < -0.39 is 11.9 Å². The molecule has 0 saturated carbocycles. The molecule has 0 saturated heterocycles. The number of halogens is 2. The molecule has 0 unspecified atom stereocenters. The lowest BCUT2D eigenvalue weighted by Gasteiger charge is -2.11. The molecule has 37 heavy (non-hydrogen) atoms. The second-order valence-corrected chi connectivity index (χ2v) is 9.14. The van der Waals surface area contributed by atoms with Gasteiger partial charge in [-0.1, -0.05) is 53.5 Å². The number of aromatic carboxylic acids is 2. The summed E-state index contributed by atoms with van der Waals surface area (Å²) in [5.74, 6) is -1.79. The first-order valence-electron chi connectivity index (χ1n) is 11.1. The van der Waals surface area contributed by atoms with Gasteiger partial charge in [-0.05, 0) is 67.4 Å². The predicted molar refractivity (Wildman–Crippen MR) is 147 cm³/mol. The Morgan fingerprint density at radius 1 is 0.730 bits per heavy atom. The highest BCUT2D eigenvalue weighted by Gasteiger charge is 2.14. The monoisotopic (exact) mass is 533 g/mol. The molecule has 0 bridgehead atoms. The number of carbonyl (C=O) groups is 2. The summed E-state index contributed by atoms with van der Waals surface area (Å²) in [6.07, 6.45) is 0. The molecular weight excluding hydrogens is 513 g/mol. The standard InChI is InChI=1S/C17H13ClN2O2.C11H8ClNO2/c1-10-5-6-11-8-14(17(21)22)16(20-15(11)7-10)19-13-4-2-3-12(18)9-13;1-6-2-3-7-5-8(11(14)15)10(12)13-9(7)4-6/h2-9H,1H3,(H,19,20)(H,21,22);2-5H,1H3,(H,14,15). The number of fused-ring (bicyclic) bond motifs is 2. The lowest BCUT2D eigenvalue weighted by molar-refractivity contribution is 0.0686. The van der Waals surface area contributed by atoms with Crippen molar-refractivity contribution in [2.75, 3.05) is 5.32 Å². The smallest absolute Gasteiger partial charge is 0.339 e. The van der Waals surface area contributed by atoms with Crippen LogP contribution in [0.5, 0.6) is 0 Å². The summed E-state index contributed by atoms with van der Waals surface area (Å²) in [6.45, 7) is 3.91. The highest BCUT2D eigenvalue weighted by Crippen LogP contribution is 2.26. The summed E-state index contributed by atoms with van der Waals surface area (Å²) < 4.78 is 0. The number of nitrogens with zero attached hydrogens (tertiary/aromatic N) is 2. The SMILES string of the molecule is Cc1ccc2cc(C(=O)O)c(Cl)nc2c1.Cc1ccc2cc(C(=O)O)c(Nc3cccc(Cl)c3)nc2c1. The van der Waals surface area contributed by atoms with E-state index in [4.69, 9.17) is 28.3 Å². The van der Waals surface area contributed by atoms with E-state index in [1.165, 1.54) is 6.07 Å². The lowest BCUT2D eigenvalue weighted by atomic mass is 10.1. The van der Waals surface area contributed by atoms with Crippen molar-refractivity contribution in [2.45, 2.75) is 13.8 Å². The number of aromatic nitrogens is 2. The second-order valence-electron chi connectivity index (χ2n) is 8.35. The van der Waals surface area contributed by atoms with Crippen molar-refractivity contribution in [3.63, 3.8) is 0 Å². The molecule has 0 amide bonds. The molecule has 0 aliphatic heterocycles. The van der Waals surface area contributed by atoms with Crippen molar-refractivity contribution in [3.8, 4) is 0 Å². The molecule has 5 rings (SSSR count). The maximum Gasteiger partial charge on any atom is 0.339 e. The number of pyridine rings is 2. The van der Waals surface area contributed by atoms with E-state index in [1.807, 2.05) is 50.2 Å². The average molecular weight is 534 g/mol. The van der Waals surface area contributed by atoms with Gasteiger partial charge < -0.3 is 15.5 Å². The third-order valence-corrected chi connectivity index (χ3v) is 5.97. The van der Waals surface area contributed by atoms with Gasteiger partial charge in [0.05, 0.1) is 16.6 Å². The van der Waals surface area contributed by atoms with E-state index in [1.54, 1.807) is 30.3 Å². The van der Waals surface area contributed by atoms with Crippen LogP contribution in [-0.4, -0.2) is 32.1 Å². The Hall–Kier alpha value is -4.20. The molecular formula is C28H21Cl2N3O4. The van der Waals surface area contributed by atoms with Crippen LogP contribution in [0.4, 0.5) is 11.5 Å². The number of rotatable bonds is 4. The molecule has 9 heteroatoms. The van der Waals surface area contributed by atoms with Crippen molar-refractivity contribution in [2.24, 2.45) is 0 Å². The van der Waals surface area contributed by atoms with E-state index in [-0.39, 0.29) is 16.3 Å². The largest absolute Gasteiger partial charge is 0.478 e. The van der Waals surface area contributed by atoms with Gasteiger partial charge in [0.15, 0.2) is 0 Å². The molecule has 0 spiro atoms. The van der Waals surface area contributed by atoms with Gasteiger partial charge in [0.25, 0.3) is 0 Å². The van der Waals surface area contributed by atoms with Gasteiger partial charge in [0.1, 0.15) is 16.5 Å². The number of carboxylic acid groups (broad SMARTS) is 2. The lowest BCUT2D eigenvalue weighted by Crippen LogP contribution is -2.05. The number of anilines is 2. The van der Waals surface area contributed by atoms with Gasteiger partial charge in [-0.25, -0.2) is 19.6 Å². The molecule has 7 nitrogen and oxygen atoms in total. The fourth-order valence-electron chi connectivity index (χ4n) is 3.64. The summed E-state index contributed by atoms with van der Waals surface area (Å²) >= 11 is 11.7. The van der Waals surface area contributed by atoms with Crippen LogP contribution in [0.25, 0.3) is 21.8 Å². The highest BCUT2D eigenvalue weighted by molar-refractivity contribution is 6.32. The van der Waals surface area contributed by atoms with Crippen LogP contribution in [0, 0.1) is 13.8 Å². The van der Waals surface area contributed by atoms with Gasteiger partial charge in [-0.15, -0.1) is 0 Å². The minimum Gasteiger partial charge on any atom is -0.478 e. The molecule has 0 aliphatic carbocycles. The van der Waals surface area contributed by atoms with Crippen LogP contribution < -0.4 is 5.32 Å². The summed E-state index contributed by atoms with van der Waals surface area (Å²) in [6, 6.07) is 21.5. The third kappa shape index (κ3) is 6.14. The average Bonchev–Trinajstić information content (AvgIpc) is 2.83. The maximum absolute atomic E-state index is 11.5. The molecule has 186 valence electrons. The predicted octanol–water partition coefficient (Wildman–Crippen LogP) is 7.53. The summed E-state index contributed by atoms with van der Waals surface area (Å²) in [5, 5.41) is 23.5. The zero-order chi connectivity index (χ0) is 26.7. The minimum atomic E-state index is -1.06. The van der Waals surface area contributed by atoms with Crippen LogP contribution >= 0.6 is 23.2 Å². The first-order valence-corrected chi connectivity index (χ1v) is 11.8. The Balaban J connectivity index is 0.000000186. The van der Waals surface area contributed by atoms with E-state index in [9.17, 15) is 14.7 Å². The van der Waals surface area contributed by atoms with Gasteiger partial charge in [0.2, 0.25) is 0 Å². The fourth-order valence-corrected chi connectivity index (χ4v) is 4.06. The summed E-state index contributed by atoms with van der Waals surface area (Å²) in [4.78, 5) is 30.8. The Kier molecular flexibility index (Phi) is 7.57. The molecule has 2 aromatic heterocycles. The van der Waals surface area contributed by atoms with Gasteiger partial charge >= 0.3 is 11.9 Å². The maximum atomic E-state index is 11.5. The van der Waals surface area contributed by atoms with Gasteiger partial charge in [0, 0.05) is 21.5 Å². The van der Waals surface area contributed by atoms with Crippen LogP contribution in [-0.2, 0) is 0 Å². The molecule has 2 heterocycles. The third-order valence-electron chi connectivity index (χ3n) is 5.45. The van der Waals surface area contributed by atoms with Crippen LogP contribution in [0.15, 0.2) is 72.8 Å². The van der Waals surface area contributed by atoms with Crippen molar-refractivity contribution in [1.82, 2.24) is 9.97 Å². The van der Waals surface area contributed by atoms with E-state index in [0.717, 1.165) is 27.4 Å². The van der Waals surface area contributed by atoms with Crippen molar-refractivity contribution in [3.05, 3.63) is 105 Å². The van der Waals surface area contributed by atoms with E-state index in [0.29, 0.717) is 22.0 Å². The number of aryl methyl sites for hydroxylation is 2. The molecule has 0 fully saturated rings. The summed E-state index contributed by atoms with van der Waals surface area (Å²) in [5.41, 5.74) is 4.43. The zero-order valence-corrected chi connectivity index (χ0v) is 21.3. The van der Waals surface area contributed by atoms with Crippen molar-refractivity contribution in [1.29, 1.82) is 0 Å². The fraction of sp³-hybridized carbons (Fsp3) is 0.0714. The zero-order valence-electron chi connectivity index (χ0n) is 19.8. The molecule has 3 aromatic carbocycles. The quantitative estimate of drug-likeness (QED) is 0.204. The second kappa shape index (κ2) is 10.8. The first-order chi connectivity index (χ1) is 17.6. The van der Waals surface area contributed by atoms with Crippen LogP contribution in [0.1, 0.15) is 31.8 Å². The number of carboxylic acids is 2. The molecule has 0 atom stereocenters. The molecule has 0 aliphatic rings.